The second-order valence-corrected chi connectivity index (χ2v) is 6.41. The summed E-state index contributed by atoms with van der Waals surface area (Å²) in [5.74, 6) is 1.45. The van der Waals surface area contributed by atoms with Crippen LogP contribution in [0.15, 0.2) is 67.0 Å². The Hall–Kier alpha value is -3.67. The molecule has 2 aromatic carbocycles. The minimum Gasteiger partial charge on any atom is -0.495 e. The fourth-order valence-corrected chi connectivity index (χ4v) is 3.25. The third-order valence-corrected chi connectivity index (χ3v) is 4.59. The van der Waals surface area contributed by atoms with E-state index in [0.717, 1.165) is 33.9 Å². The number of imidazole rings is 1. The molecular weight excluding hydrogens is 352 g/mol. The summed E-state index contributed by atoms with van der Waals surface area (Å²) in [5, 5.41) is 2.92. The fraction of sp³-hybridized carbons (Fsp3) is 0.136. The van der Waals surface area contributed by atoms with Crippen molar-refractivity contribution in [2.45, 2.75) is 13.5 Å². The van der Waals surface area contributed by atoms with Crippen molar-refractivity contribution in [3.05, 3.63) is 83.9 Å². The van der Waals surface area contributed by atoms with Gasteiger partial charge in [0.25, 0.3) is 5.91 Å². The van der Waals surface area contributed by atoms with Gasteiger partial charge in [0.15, 0.2) is 0 Å². The molecule has 0 radical (unpaired) electrons. The molecule has 6 nitrogen and oxygen atoms in total. The molecule has 4 aromatic rings. The first-order valence-electron chi connectivity index (χ1n) is 8.97. The maximum absolute atomic E-state index is 12.5. The molecular formula is C22H20N4O2. The maximum atomic E-state index is 12.5. The summed E-state index contributed by atoms with van der Waals surface area (Å²) in [6, 6.07) is 17.1. The Morgan fingerprint density at radius 1 is 1.14 bits per heavy atom. The van der Waals surface area contributed by atoms with Crippen molar-refractivity contribution >= 4 is 16.9 Å². The van der Waals surface area contributed by atoms with Crippen LogP contribution in [0.1, 0.15) is 21.7 Å². The first-order chi connectivity index (χ1) is 13.7. The van der Waals surface area contributed by atoms with Crippen LogP contribution >= 0.6 is 0 Å². The smallest absolute Gasteiger partial charge is 0.251 e. The first-order valence-corrected chi connectivity index (χ1v) is 8.97. The van der Waals surface area contributed by atoms with Crippen LogP contribution in [0.25, 0.3) is 16.7 Å². The number of pyridine rings is 1. The Bertz CT molecular complexity index is 1140. The monoisotopic (exact) mass is 372 g/mol. The van der Waals surface area contributed by atoms with Gasteiger partial charge in [-0.15, -0.1) is 0 Å². The molecule has 0 spiro atoms. The molecule has 1 amide bonds. The van der Waals surface area contributed by atoms with Gasteiger partial charge in [-0.2, -0.15) is 0 Å². The lowest BCUT2D eigenvalue weighted by atomic mass is 10.1. The number of fused-ring (bicyclic) bond motifs is 1. The zero-order valence-corrected chi connectivity index (χ0v) is 15.7. The van der Waals surface area contributed by atoms with E-state index in [4.69, 9.17) is 4.74 Å². The van der Waals surface area contributed by atoms with Crippen LogP contribution in [0.2, 0.25) is 0 Å². The highest BCUT2D eigenvalue weighted by molar-refractivity contribution is 5.97. The van der Waals surface area contributed by atoms with E-state index < -0.39 is 0 Å². The Balaban J connectivity index is 1.65. The Labute approximate surface area is 162 Å². The third kappa shape index (κ3) is 3.32. The van der Waals surface area contributed by atoms with E-state index in [1.165, 1.54) is 0 Å². The number of carbonyl (C=O) groups excluding carboxylic acids is 1. The van der Waals surface area contributed by atoms with Crippen molar-refractivity contribution in [3.63, 3.8) is 0 Å². The maximum Gasteiger partial charge on any atom is 0.251 e. The fourth-order valence-electron chi connectivity index (χ4n) is 3.25. The van der Waals surface area contributed by atoms with Gasteiger partial charge in [0.1, 0.15) is 11.6 Å². The van der Waals surface area contributed by atoms with Gasteiger partial charge in [-0.1, -0.05) is 18.2 Å². The molecule has 0 aliphatic carbocycles. The number of nitrogens with one attached hydrogen (secondary N) is 1. The SMILES string of the molecule is COc1ccccc1-n1c(C)nc2cc(C(=O)NCc3cccnc3)ccc21. The van der Waals surface area contributed by atoms with Crippen molar-refractivity contribution < 1.29 is 9.53 Å². The van der Waals surface area contributed by atoms with Crippen molar-refractivity contribution in [3.8, 4) is 11.4 Å². The van der Waals surface area contributed by atoms with Gasteiger partial charge in [-0.25, -0.2) is 4.98 Å². The van der Waals surface area contributed by atoms with Crippen molar-refractivity contribution in [2.75, 3.05) is 7.11 Å². The van der Waals surface area contributed by atoms with Crippen LogP contribution in [-0.2, 0) is 6.54 Å². The normalized spacial score (nSPS) is 10.8. The minimum atomic E-state index is -0.143. The number of methoxy groups -OCH3 is 1. The lowest BCUT2D eigenvalue weighted by molar-refractivity contribution is 0.0951. The molecule has 6 heteroatoms. The summed E-state index contributed by atoms with van der Waals surface area (Å²) in [6.45, 7) is 2.37. The molecule has 0 bridgehead atoms. The van der Waals surface area contributed by atoms with Crippen LogP contribution in [0.3, 0.4) is 0 Å². The standard InChI is InChI=1S/C22H20N4O2/c1-15-25-18-12-17(22(27)24-14-16-6-5-11-23-13-16)9-10-19(18)26(15)20-7-3-4-8-21(20)28-2/h3-13H,14H2,1-2H3,(H,24,27). The van der Waals surface area contributed by atoms with E-state index in [9.17, 15) is 4.79 Å². The highest BCUT2D eigenvalue weighted by Crippen LogP contribution is 2.28. The van der Waals surface area contributed by atoms with E-state index >= 15 is 0 Å². The number of hydrogen-bond acceptors (Lipinski definition) is 4. The predicted octanol–water partition coefficient (Wildman–Crippen LogP) is 3.67. The highest BCUT2D eigenvalue weighted by Gasteiger charge is 2.15. The number of amides is 1. The van der Waals surface area contributed by atoms with Gasteiger partial charge in [-0.3, -0.25) is 14.3 Å². The summed E-state index contributed by atoms with van der Waals surface area (Å²) >= 11 is 0. The molecule has 0 saturated heterocycles. The van der Waals surface area contributed by atoms with Gasteiger partial charge in [-0.05, 0) is 48.9 Å². The number of nitrogens with zero attached hydrogens (tertiary/aromatic N) is 3. The zero-order chi connectivity index (χ0) is 19.5. The molecule has 0 unspecified atom stereocenters. The molecule has 2 aromatic heterocycles. The van der Waals surface area contributed by atoms with E-state index in [1.54, 1.807) is 19.5 Å². The van der Waals surface area contributed by atoms with Gasteiger partial charge < -0.3 is 10.1 Å². The number of aryl methyl sites for hydroxylation is 1. The first kappa shape index (κ1) is 17.7. The van der Waals surface area contributed by atoms with Gasteiger partial charge in [0.2, 0.25) is 0 Å². The second-order valence-electron chi connectivity index (χ2n) is 6.41. The van der Waals surface area contributed by atoms with Crippen LogP contribution in [0, 0.1) is 6.92 Å². The number of carbonyl (C=O) groups is 1. The number of rotatable bonds is 5. The summed E-state index contributed by atoms with van der Waals surface area (Å²) in [5.41, 5.74) is 4.12. The van der Waals surface area contributed by atoms with Gasteiger partial charge in [0.05, 0.1) is 23.8 Å². The molecule has 28 heavy (non-hydrogen) atoms. The summed E-state index contributed by atoms with van der Waals surface area (Å²) in [6.07, 6.45) is 3.45. The number of aromatic nitrogens is 3. The average molecular weight is 372 g/mol. The highest BCUT2D eigenvalue weighted by atomic mass is 16.5. The van der Waals surface area contributed by atoms with Crippen molar-refractivity contribution in [1.82, 2.24) is 19.9 Å². The molecule has 2 heterocycles. The van der Waals surface area contributed by atoms with Gasteiger partial charge in [0, 0.05) is 24.5 Å². The molecule has 0 fully saturated rings. The predicted molar refractivity (Wildman–Crippen MR) is 108 cm³/mol. The van der Waals surface area contributed by atoms with Crippen molar-refractivity contribution in [1.29, 1.82) is 0 Å². The van der Waals surface area contributed by atoms with Crippen LogP contribution in [0.5, 0.6) is 5.75 Å². The van der Waals surface area contributed by atoms with Crippen LogP contribution in [0.4, 0.5) is 0 Å². The Kier molecular flexibility index (Phi) is 4.76. The van der Waals surface area contributed by atoms with Gasteiger partial charge >= 0.3 is 0 Å². The van der Waals surface area contributed by atoms with Crippen LogP contribution in [-0.4, -0.2) is 27.6 Å². The summed E-state index contributed by atoms with van der Waals surface area (Å²) in [7, 11) is 1.65. The summed E-state index contributed by atoms with van der Waals surface area (Å²) < 4.78 is 7.52. The minimum absolute atomic E-state index is 0.143. The molecule has 0 atom stereocenters. The second kappa shape index (κ2) is 7.52. The lowest BCUT2D eigenvalue weighted by Gasteiger charge is -2.11. The number of benzene rings is 2. The summed E-state index contributed by atoms with van der Waals surface area (Å²) in [4.78, 5) is 21.2. The topological polar surface area (TPSA) is 69.0 Å². The molecule has 4 rings (SSSR count). The quantitative estimate of drug-likeness (QED) is 0.580. The van der Waals surface area contributed by atoms with E-state index in [2.05, 4.69) is 15.3 Å². The third-order valence-electron chi connectivity index (χ3n) is 4.59. The Morgan fingerprint density at radius 2 is 2.00 bits per heavy atom. The zero-order valence-electron chi connectivity index (χ0n) is 15.7. The molecule has 0 saturated carbocycles. The molecule has 0 aliphatic heterocycles. The average Bonchev–Trinajstić information content (AvgIpc) is 3.07. The molecule has 1 N–H and O–H groups in total. The number of ether oxygens (including phenoxy) is 1. The van der Waals surface area contributed by atoms with E-state index in [1.807, 2.05) is 66.1 Å². The molecule has 0 aliphatic rings. The van der Waals surface area contributed by atoms with Crippen LogP contribution < -0.4 is 10.1 Å². The number of hydrogen-bond donors (Lipinski definition) is 1. The van der Waals surface area contributed by atoms with Crippen molar-refractivity contribution in [2.24, 2.45) is 0 Å². The largest absolute Gasteiger partial charge is 0.495 e. The Morgan fingerprint density at radius 3 is 2.79 bits per heavy atom. The molecule has 140 valence electrons. The van der Waals surface area contributed by atoms with E-state index in [0.29, 0.717) is 12.1 Å². The number of para-hydroxylation sites is 2. The van der Waals surface area contributed by atoms with E-state index in [-0.39, 0.29) is 5.91 Å². The lowest BCUT2D eigenvalue weighted by Crippen LogP contribution is -2.22.